The molecule has 2 heterocycles. The van der Waals surface area contributed by atoms with Gasteiger partial charge in [-0.25, -0.2) is 4.79 Å². The van der Waals surface area contributed by atoms with Gasteiger partial charge in [-0.2, -0.15) is 0 Å². The van der Waals surface area contributed by atoms with Crippen LogP contribution in [0, 0.1) is 12.8 Å². The number of ether oxygens (including phenoxy) is 3. The summed E-state index contributed by atoms with van der Waals surface area (Å²) in [5.41, 5.74) is 5.81. The van der Waals surface area contributed by atoms with Gasteiger partial charge in [-0.1, -0.05) is 66.5 Å². The Bertz CT molecular complexity index is 1240. The maximum absolute atomic E-state index is 13.5. The average Bonchev–Trinajstić information content (AvgIpc) is 3.27. The molecule has 7 heteroatoms. The van der Waals surface area contributed by atoms with Crippen LogP contribution in [0.15, 0.2) is 36.4 Å². The first-order chi connectivity index (χ1) is 16.8. The van der Waals surface area contributed by atoms with Crippen molar-refractivity contribution in [1.82, 2.24) is 4.98 Å². The second-order valence-corrected chi connectivity index (χ2v) is 10.3. The summed E-state index contributed by atoms with van der Waals surface area (Å²) in [5, 5.41) is 0.964. The van der Waals surface area contributed by atoms with E-state index < -0.39 is 10.3 Å². The average molecular weight is 542 g/mol. The third-order valence-electron chi connectivity index (χ3n) is 6.96. The van der Waals surface area contributed by atoms with Gasteiger partial charge in [-0.3, -0.25) is 4.79 Å². The fourth-order valence-corrected chi connectivity index (χ4v) is 5.52. The number of H-pyrrole nitrogens is 1. The number of hydrogen-bond acceptors (Lipinski definition) is 5. The lowest BCUT2D eigenvalue weighted by atomic mass is 9.81. The quantitative estimate of drug-likeness (QED) is 0.275. The molecule has 2 atom stereocenters. The minimum Gasteiger partial charge on any atom is -0.465 e. The Balaban J connectivity index is 1.90. The van der Waals surface area contributed by atoms with Crippen molar-refractivity contribution in [3.63, 3.8) is 0 Å². The van der Waals surface area contributed by atoms with Gasteiger partial charge < -0.3 is 19.2 Å². The molecule has 0 spiro atoms. The Morgan fingerprint density at radius 1 is 1.20 bits per heavy atom. The van der Waals surface area contributed by atoms with Crippen LogP contribution < -0.4 is 0 Å². The molecular weight excluding hydrogens is 510 g/mol. The fraction of sp³-hybridized carbons (Fsp3) is 0.429. The van der Waals surface area contributed by atoms with Crippen LogP contribution in [0.4, 0.5) is 0 Å². The highest BCUT2D eigenvalue weighted by Gasteiger charge is 2.46. The smallest absolute Gasteiger partial charge is 0.338 e. The zero-order valence-corrected chi connectivity index (χ0v) is 22.3. The largest absolute Gasteiger partial charge is 0.465 e. The van der Waals surface area contributed by atoms with E-state index in [-0.39, 0.29) is 25.1 Å². The predicted molar refractivity (Wildman–Crippen MR) is 139 cm³/mol. The Morgan fingerprint density at radius 2 is 1.94 bits per heavy atom. The number of nitrogens with one attached hydrogen (secondary N) is 1. The number of carbonyl (C=O) groups excluding carboxylic acids is 2. The molecule has 0 saturated carbocycles. The predicted octanol–water partition coefficient (Wildman–Crippen LogP) is 6.11. The van der Waals surface area contributed by atoms with Crippen molar-refractivity contribution in [2.24, 2.45) is 5.92 Å². The van der Waals surface area contributed by atoms with E-state index in [1.165, 1.54) is 0 Å². The lowest BCUT2D eigenvalue weighted by molar-refractivity contribution is -0.147. The third-order valence-corrected chi connectivity index (χ3v) is 8.49. The molecule has 1 N–H and O–H groups in total. The summed E-state index contributed by atoms with van der Waals surface area (Å²) in [5.74, 6) is -0.877. The molecule has 6 nitrogen and oxygen atoms in total. The van der Waals surface area contributed by atoms with E-state index in [1.54, 1.807) is 6.92 Å². The number of esters is 2. The summed E-state index contributed by atoms with van der Waals surface area (Å²) in [6.45, 7) is 9.29. The lowest BCUT2D eigenvalue weighted by Crippen LogP contribution is -2.38. The van der Waals surface area contributed by atoms with Gasteiger partial charge >= 0.3 is 11.9 Å². The molecule has 0 bridgehead atoms. The Morgan fingerprint density at radius 3 is 2.63 bits per heavy atom. The van der Waals surface area contributed by atoms with Gasteiger partial charge in [0.25, 0.3) is 0 Å². The van der Waals surface area contributed by atoms with Crippen molar-refractivity contribution in [1.29, 1.82) is 0 Å². The number of aromatic amines is 1. The van der Waals surface area contributed by atoms with E-state index in [1.807, 2.05) is 57.2 Å². The zero-order chi connectivity index (χ0) is 25.2. The summed E-state index contributed by atoms with van der Waals surface area (Å²) in [7, 11) is 0. The van der Waals surface area contributed by atoms with Crippen LogP contribution in [-0.2, 0) is 43.0 Å². The summed E-state index contributed by atoms with van der Waals surface area (Å²) in [6.07, 6.45) is 1.47. The number of benzene rings is 2. The SMILES string of the molecule is CCOC(=O)C(Br)(c1cc(C(=O)OCc2ccccc2)c(C)c2[nH]c3c(c12)CCOC3)C(C)CC. The first kappa shape index (κ1) is 25.5. The van der Waals surface area contributed by atoms with Crippen LogP contribution >= 0.6 is 15.9 Å². The third kappa shape index (κ3) is 4.64. The van der Waals surface area contributed by atoms with Gasteiger partial charge in [0.15, 0.2) is 4.32 Å². The van der Waals surface area contributed by atoms with Gasteiger partial charge in [0.05, 0.1) is 30.9 Å². The van der Waals surface area contributed by atoms with E-state index in [9.17, 15) is 9.59 Å². The van der Waals surface area contributed by atoms with Crippen LogP contribution in [0.5, 0.6) is 0 Å². The molecule has 4 rings (SSSR count). The molecule has 0 radical (unpaired) electrons. The molecule has 2 aromatic carbocycles. The van der Waals surface area contributed by atoms with Gasteiger partial charge in [0.1, 0.15) is 6.61 Å². The van der Waals surface area contributed by atoms with E-state index in [4.69, 9.17) is 14.2 Å². The molecule has 35 heavy (non-hydrogen) atoms. The minimum atomic E-state index is -1.12. The first-order valence-corrected chi connectivity index (χ1v) is 12.9. The number of halogens is 1. The highest BCUT2D eigenvalue weighted by atomic mass is 79.9. The molecule has 0 fully saturated rings. The van der Waals surface area contributed by atoms with Crippen LogP contribution in [0.2, 0.25) is 0 Å². The second kappa shape index (κ2) is 10.5. The highest BCUT2D eigenvalue weighted by Crippen LogP contribution is 2.47. The van der Waals surface area contributed by atoms with Crippen LogP contribution in [0.3, 0.4) is 0 Å². The number of fused-ring (bicyclic) bond motifs is 3. The fourth-order valence-electron chi connectivity index (χ4n) is 4.77. The molecule has 1 aliphatic heterocycles. The minimum absolute atomic E-state index is 0.0916. The number of hydrogen-bond donors (Lipinski definition) is 1. The van der Waals surface area contributed by atoms with E-state index in [2.05, 4.69) is 20.9 Å². The Hall–Kier alpha value is -2.64. The van der Waals surface area contributed by atoms with Crippen molar-refractivity contribution in [2.45, 2.75) is 58.1 Å². The monoisotopic (exact) mass is 541 g/mol. The molecule has 0 aliphatic carbocycles. The van der Waals surface area contributed by atoms with Gasteiger partial charge in [-0.15, -0.1) is 0 Å². The maximum Gasteiger partial charge on any atom is 0.338 e. The van der Waals surface area contributed by atoms with Crippen LogP contribution in [-0.4, -0.2) is 30.1 Å². The highest BCUT2D eigenvalue weighted by molar-refractivity contribution is 9.10. The Kier molecular flexibility index (Phi) is 7.67. The number of carbonyl (C=O) groups is 2. The molecule has 1 aliphatic rings. The van der Waals surface area contributed by atoms with Crippen LogP contribution in [0.25, 0.3) is 10.9 Å². The van der Waals surface area contributed by atoms with Crippen LogP contribution in [0.1, 0.15) is 65.5 Å². The molecule has 1 aromatic heterocycles. The number of aryl methyl sites for hydroxylation is 1. The van der Waals surface area contributed by atoms with Gasteiger partial charge in [-0.05, 0) is 54.5 Å². The molecule has 0 saturated heterocycles. The standard InChI is InChI=1S/C28H32BrNO5/c1-5-17(3)28(29,27(32)34-6-2)22-14-21(26(31)35-15-19-10-8-7-9-11-19)18(4)25-24(22)20-12-13-33-16-23(20)30-25/h7-11,14,17,30H,5-6,12-13,15-16H2,1-4H3. The summed E-state index contributed by atoms with van der Waals surface area (Å²) in [4.78, 5) is 30.3. The topological polar surface area (TPSA) is 77.6 Å². The van der Waals surface area contributed by atoms with Gasteiger partial charge in [0.2, 0.25) is 0 Å². The number of rotatable bonds is 8. The molecule has 2 unspecified atom stereocenters. The van der Waals surface area contributed by atoms with Crippen molar-refractivity contribution in [3.05, 3.63) is 69.9 Å². The lowest BCUT2D eigenvalue weighted by Gasteiger charge is -2.33. The van der Waals surface area contributed by atoms with Crippen molar-refractivity contribution < 1.29 is 23.8 Å². The van der Waals surface area contributed by atoms with Crippen molar-refractivity contribution >= 4 is 38.8 Å². The van der Waals surface area contributed by atoms with E-state index >= 15 is 0 Å². The normalized spacial score (nSPS) is 15.8. The first-order valence-electron chi connectivity index (χ1n) is 12.1. The maximum atomic E-state index is 13.5. The van der Waals surface area contributed by atoms with Crippen molar-refractivity contribution in [3.8, 4) is 0 Å². The summed E-state index contributed by atoms with van der Waals surface area (Å²) >= 11 is 3.83. The van der Waals surface area contributed by atoms with E-state index in [0.717, 1.165) is 51.7 Å². The Labute approximate surface area is 214 Å². The summed E-state index contributed by atoms with van der Waals surface area (Å²) in [6, 6.07) is 11.4. The van der Waals surface area contributed by atoms with Gasteiger partial charge in [0, 0.05) is 11.1 Å². The molecule has 186 valence electrons. The number of alkyl halides is 1. The molecular formula is C28H32BrNO5. The number of aromatic nitrogens is 1. The summed E-state index contributed by atoms with van der Waals surface area (Å²) < 4.78 is 15.8. The molecule has 0 amide bonds. The van der Waals surface area contributed by atoms with E-state index in [0.29, 0.717) is 18.8 Å². The molecule has 3 aromatic rings. The second-order valence-electron chi connectivity index (χ2n) is 9.03. The van der Waals surface area contributed by atoms with Crippen molar-refractivity contribution in [2.75, 3.05) is 13.2 Å². The zero-order valence-electron chi connectivity index (χ0n) is 20.7.